The van der Waals surface area contributed by atoms with Gasteiger partial charge in [0.05, 0.1) is 5.84 Å². The lowest BCUT2D eigenvalue weighted by Crippen LogP contribution is -2.23. The Morgan fingerprint density at radius 2 is 2.08 bits per heavy atom. The van der Waals surface area contributed by atoms with E-state index in [1.165, 1.54) is 0 Å². The van der Waals surface area contributed by atoms with E-state index in [2.05, 4.69) is 22.5 Å². The predicted molar refractivity (Wildman–Crippen MR) is 55.6 cm³/mol. The van der Waals surface area contributed by atoms with E-state index in [0.717, 1.165) is 18.0 Å². The largest absolute Gasteiger partial charge is 0.360 e. The van der Waals surface area contributed by atoms with Crippen LogP contribution in [0.4, 0.5) is 0 Å². The molecule has 0 aliphatic rings. The van der Waals surface area contributed by atoms with Gasteiger partial charge in [0.2, 0.25) is 0 Å². The number of hydrogen-bond donors (Lipinski definition) is 0. The summed E-state index contributed by atoms with van der Waals surface area (Å²) in [6, 6.07) is 0. The van der Waals surface area contributed by atoms with Crippen molar-refractivity contribution in [3.63, 3.8) is 0 Å². The van der Waals surface area contributed by atoms with Crippen molar-refractivity contribution in [1.82, 2.24) is 4.90 Å². The fourth-order valence-electron chi connectivity index (χ4n) is 0.715. The minimum absolute atomic E-state index is 0.885. The molecule has 0 aromatic heterocycles. The first-order chi connectivity index (χ1) is 5.57. The van der Waals surface area contributed by atoms with Crippen LogP contribution in [0.3, 0.4) is 0 Å². The van der Waals surface area contributed by atoms with E-state index in [0.29, 0.717) is 0 Å². The van der Waals surface area contributed by atoms with Crippen LogP contribution in [0, 0.1) is 0 Å². The molecule has 0 saturated heterocycles. The summed E-state index contributed by atoms with van der Waals surface area (Å²) in [6.07, 6.45) is 4.09. The van der Waals surface area contributed by atoms with E-state index >= 15 is 0 Å². The van der Waals surface area contributed by atoms with Gasteiger partial charge < -0.3 is 4.90 Å². The topological polar surface area (TPSA) is 15.6 Å². The second-order valence-electron chi connectivity index (χ2n) is 2.90. The monoisotopic (exact) mass is 166 g/mol. The average Bonchev–Trinajstić information content (AvgIpc) is 2.02. The SMILES string of the molecule is C=C(C)/C=C/CN(C)C(C)=NC. The van der Waals surface area contributed by atoms with Gasteiger partial charge in [-0.2, -0.15) is 0 Å². The summed E-state index contributed by atoms with van der Waals surface area (Å²) in [5.41, 5.74) is 1.08. The van der Waals surface area contributed by atoms with Crippen LogP contribution in [0.1, 0.15) is 13.8 Å². The Bertz CT molecular complexity index is 202. The van der Waals surface area contributed by atoms with Gasteiger partial charge in [-0.15, -0.1) is 0 Å². The quantitative estimate of drug-likeness (QED) is 0.356. The van der Waals surface area contributed by atoms with Gasteiger partial charge in [0, 0.05) is 20.6 Å². The summed E-state index contributed by atoms with van der Waals surface area (Å²) in [5, 5.41) is 0. The Morgan fingerprint density at radius 1 is 1.50 bits per heavy atom. The molecule has 0 radical (unpaired) electrons. The van der Waals surface area contributed by atoms with Crippen molar-refractivity contribution in [1.29, 1.82) is 0 Å². The highest BCUT2D eigenvalue weighted by Crippen LogP contribution is 1.91. The molecule has 0 aliphatic carbocycles. The Kier molecular flexibility index (Phi) is 5.09. The fraction of sp³-hybridized carbons (Fsp3) is 0.500. The first-order valence-electron chi connectivity index (χ1n) is 4.04. The van der Waals surface area contributed by atoms with Gasteiger partial charge in [0.25, 0.3) is 0 Å². The minimum Gasteiger partial charge on any atom is -0.360 e. The number of hydrogen-bond acceptors (Lipinski definition) is 1. The molecule has 0 heterocycles. The van der Waals surface area contributed by atoms with Crippen molar-refractivity contribution < 1.29 is 0 Å². The molecular formula is C10H18N2. The van der Waals surface area contributed by atoms with E-state index in [4.69, 9.17) is 0 Å². The maximum atomic E-state index is 4.07. The third kappa shape index (κ3) is 4.72. The van der Waals surface area contributed by atoms with Gasteiger partial charge in [0.1, 0.15) is 0 Å². The summed E-state index contributed by atoms with van der Waals surface area (Å²) in [7, 11) is 3.82. The molecule has 0 fully saturated rings. The summed E-state index contributed by atoms with van der Waals surface area (Å²) >= 11 is 0. The van der Waals surface area contributed by atoms with Gasteiger partial charge in [-0.1, -0.05) is 24.3 Å². The third-order valence-corrected chi connectivity index (χ3v) is 1.66. The molecule has 0 saturated carbocycles. The molecule has 0 N–H and O–H groups in total. The zero-order valence-corrected chi connectivity index (χ0v) is 8.46. The standard InChI is InChI=1S/C10H18N2/c1-9(2)7-6-8-12(5)10(3)11-4/h6-7H,1,8H2,2-5H3/b7-6+,11-10?. The highest BCUT2D eigenvalue weighted by atomic mass is 15.1. The molecule has 0 aliphatic heterocycles. The van der Waals surface area contributed by atoms with E-state index < -0.39 is 0 Å². The van der Waals surface area contributed by atoms with Crippen LogP contribution in [0.25, 0.3) is 0 Å². The Hall–Kier alpha value is -1.05. The third-order valence-electron chi connectivity index (χ3n) is 1.66. The molecule has 0 rings (SSSR count). The van der Waals surface area contributed by atoms with Crippen molar-refractivity contribution >= 4 is 5.84 Å². The number of amidine groups is 1. The van der Waals surface area contributed by atoms with Gasteiger partial charge in [-0.25, -0.2) is 0 Å². The highest BCUT2D eigenvalue weighted by molar-refractivity contribution is 5.79. The van der Waals surface area contributed by atoms with Crippen molar-refractivity contribution in [3.05, 3.63) is 24.3 Å². The number of nitrogens with zero attached hydrogens (tertiary/aromatic N) is 2. The lowest BCUT2D eigenvalue weighted by atomic mass is 10.3. The molecule has 68 valence electrons. The molecule has 2 heteroatoms. The Morgan fingerprint density at radius 3 is 2.50 bits per heavy atom. The van der Waals surface area contributed by atoms with Gasteiger partial charge in [-0.05, 0) is 13.8 Å². The molecule has 0 amide bonds. The molecule has 0 aromatic rings. The number of likely N-dealkylation sites (N-methyl/N-ethyl adjacent to an activating group) is 1. The maximum absolute atomic E-state index is 4.07. The molecule has 0 aromatic carbocycles. The van der Waals surface area contributed by atoms with Gasteiger partial charge in [0.15, 0.2) is 0 Å². The van der Waals surface area contributed by atoms with Gasteiger partial charge >= 0.3 is 0 Å². The van der Waals surface area contributed by atoms with Crippen LogP contribution in [0.15, 0.2) is 29.3 Å². The van der Waals surface area contributed by atoms with Crippen LogP contribution in [0.5, 0.6) is 0 Å². The van der Waals surface area contributed by atoms with E-state index in [1.807, 2.05) is 27.0 Å². The lowest BCUT2D eigenvalue weighted by molar-refractivity contribution is 0.559. The Balaban J connectivity index is 3.86. The average molecular weight is 166 g/mol. The van der Waals surface area contributed by atoms with Crippen molar-refractivity contribution in [2.45, 2.75) is 13.8 Å². The fourth-order valence-corrected chi connectivity index (χ4v) is 0.715. The van der Waals surface area contributed by atoms with Crippen molar-refractivity contribution in [2.24, 2.45) is 4.99 Å². The van der Waals surface area contributed by atoms with E-state index in [-0.39, 0.29) is 0 Å². The first-order valence-corrected chi connectivity index (χ1v) is 4.04. The van der Waals surface area contributed by atoms with Crippen LogP contribution in [-0.2, 0) is 0 Å². The molecule has 0 spiro atoms. The summed E-state index contributed by atoms with van der Waals surface area (Å²) in [4.78, 5) is 6.16. The lowest BCUT2D eigenvalue weighted by Gasteiger charge is -2.15. The van der Waals surface area contributed by atoms with E-state index in [9.17, 15) is 0 Å². The van der Waals surface area contributed by atoms with Crippen LogP contribution < -0.4 is 0 Å². The second-order valence-corrected chi connectivity index (χ2v) is 2.90. The van der Waals surface area contributed by atoms with Crippen LogP contribution >= 0.6 is 0 Å². The molecule has 0 bridgehead atoms. The molecular weight excluding hydrogens is 148 g/mol. The minimum atomic E-state index is 0.885. The number of allylic oxidation sites excluding steroid dienone is 2. The smallest absolute Gasteiger partial charge is 0.0954 e. The number of rotatable bonds is 3. The zero-order chi connectivity index (χ0) is 9.56. The van der Waals surface area contributed by atoms with Gasteiger partial charge in [-0.3, -0.25) is 4.99 Å². The zero-order valence-electron chi connectivity index (χ0n) is 8.46. The Labute approximate surface area is 75.3 Å². The van der Waals surface area contributed by atoms with Crippen molar-refractivity contribution in [3.8, 4) is 0 Å². The molecule has 2 nitrogen and oxygen atoms in total. The van der Waals surface area contributed by atoms with Crippen LogP contribution in [-0.4, -0.2) is 31.4 Å². The summed E-state index contributed by atoms with van der Waals surface area (Å²) in [6.45, 7) is 8.64. The van der Waals surface area contributed by atoms with E-state index in [1.54, 1.807) is 7.05 Å². The molecule has 0 atom stereocenters. The summed E-state index contributed by atoms with van der Waals surface area (Å²) < 4.78 is 0. The van der Waals surface area contributed by atoms with Crippen molar-refractivity contribution in [2.75, 3.05) is 20.6 Å². The highest BCUT2D eigenvalue weighted by Gasteiger charge is 1.94. The second kappa shape index (κ2) is 5.58. The number of aliphatic imine (C=N–C) groups is 1. The normalized spacial score (nSPS) is 12.2. The van der Waals surface area contributed by atoms with Crippen LogP contribution in [0.2, 0.25) is 0 Å². The maximum Gasteiger partial charge on any atom is 0.0954 e. The molecule has 0 unspecified atom stereocenters. The summed E-state index contributed by atoms with van der Waals surface area (Å²) in [5.74, 6) is 1.04. The predicted octanol–water partition coefficient (Wildman–Crippen LogP) is 2.10. The molecule has 12 heavy (non-hydrogen) atoms. The first kappa shape index (κ1) is 11.0.